The first-order valence-electron chi connectivity index (χ1n) is 8.16. The first kappa shape index (κ1) is 17.9. The second-order valence-electron chi connectivity index (χ2n) is 5.83. The molecule has 0 fully saturated rings. The normalized spacial score (nSPS) is 11.8. The Hall–Kier alpha value is -0.191. The minimum atomic E-state index is -2.42. The number of hydrogen-bond donors (Lipinski definition) is 0. The van der Waals surface area contributed by atoms with Gasteiger partial charge in [-0.2, -0.15) is 0 Å². The third-order valence-corrected chi connectivity index (χ3v) is 19.7. The fraction of sp³-hybridized carbons (Fsp3) is 0.750. The van der Waals surface area contributed by atoms with E-state index in [9.17, 15) is 4.39 Å². The summed E-state index contributed by atoms with van der Waals surface area (Å²) in [4.78, 5) is 7.69. The van der Waals surface area contributed by atoms with Crippen LogP contribution in [0.4, 0.5) is 4.39 Å². The average Bonchev–Trinajstić information content (AvgIpc) is 2.48. The van der Waals surface area contributed by atoms with Crippen LogP contribution in [0.15, 0.2) is 12.4 Å². The summed E-state index contributed by atoms with van der Waals surface area (Å²) in [6.45, 7) is 6.78. The third-order valence-electron chi connectivity index (χ3n) is 4.26. The monoisotopic (exact) mass is 388 g/mol. The molecule has 2 nitrogen and oxygen atoms in total. The van der Waals surface area contributed by atoms with E-state index in [1.54, 1.807) is 12.4 Å². The van der Waals surface area contributed by atoms with Crippen LogP contribution in [0.1, 0.15) is 59.3 Å². The van der Waals surface area contributed by atoms with Crippen molar-refractivity contribution in [2.75, 3.05) is 0 Å². The van der Waals surface area contributed by atoms with Gasteiger partial charge in [0.25, 0.3) is 0 Å². The zero-order valence-corrected chi connectivity index (χ0v) is 16.1. The van der Waals surface area contributed by atoms with E-state index in [-0.39, 0.29) is 0 Å². The summed E-state index contributed by atoms with van der Waals surface area (Å²) >= 11 is -2.42. The summed E-state index contributed by atoms with van der Waals surface area (Å²) in [5, 5.41) is 0. The predicted molar refractivity (Wildman–Crippen MR) is 86.5 cm³/mol. The molecule has 0 aliphatic rings. The van der Waals surface area contributed by atoms with Gasteiger partial charge < -0.3 is 0 Å². The molecule has 0 aliphatic carbocycles. The summed E-state index contributed by atoms with van der Waals surface area (Å²) in [5.74, 6) is 0. The number of halogens is 1. The Morgan fingerprint density at radius 2 is 1.25 bits per heavy atom. The summed E-state index contributed by atoms with van der Waals surface area (Å²) < 4.78 is 18.5. The zero-order chi connectivity index (χ0) is 14.8. The molecule has 1 heterocycles. The number of rotatable bonds is 10. The molecule has 0 unspecified atom stereocenters. The first-order chi connectivity index (χ1) is 9.68. The van der Waals surface area contributed by atoms with Gasteiger partial charge in [-0.15, -0.1) is 0 Å². The topological polar surface area (TPSA) is 25.8 Å². The summed E-state index contributed by atoms with van der Waals surface area (Å²) in [5.41, 5.74) is 0. The van der Waals surface area contributed by atoms with E-state index >= 15 is 0 Å². The first-order valence-corrected chi connectivity index (χ1v) is 15.6. The maximum absolute atomic E-state index is 13.0. The molecule has 0 spiro atoms. The van der Waals surface area contributed by atoms with Gasteiger partial charge in [-0.1, -0.05) is 0 Å². The Morgan fingerprint density at radius 1 is 0.850 bits per heavy atom. The Labute approximate surface area is 127 Å². The number of unbranched alkanes of at least 4 members (excludes halogenated alkanes) is 3. The average molecular weight is 387 g/mol. The maximum atomic E-state index is 13.0. The third kappa shape index (κ3) is 5.30. The van der Waals surface area contributed by atoms with Crippen LogP contribution in [-0.2, 0) is 0 Å². The van der Waals surface area contributed by atoms with E-state index in [1.807, 2.05) is 0 Å². The second-order valence-corrected chi connectivity index (χ2v) is 19.1. The molecular formula is C16H29FN2Sn. The Balaban J connectivity index is 3.00. The van der Waals surface area contributed by atoms with E-state index in [2.05, 4.69) is 30.7 Å². The van der Waals surface area contributed by atoms with E-state index < -0.39 is 24.5 Å². The molecule has 1 rings (SSSR count). The molecule has 0 N–H and O–H groups in total. The van der Waals surface area contributed by atoms with Crippen molar-refractivity contribution >= 4 is 22.0 Å². The Kier molecular flexibility index (Phi) is 8.65. The standard InChI is InChI=1S/C4H2FN2.3C4H9.Sn/c5-4-6-2-1-3-7-4;3*1-3-4-2;/h2-3H;3*1,3-4H2,2H3;. The Morgan fingerprint density at radius 3 is 1.60 bits per heavy atom. The predicted octanol–water partition coefficient (Wildman–Crippen LogP) is 4.67. The van der Waals surface area contributed by atoms with Crippen LogP contribution in [0.3, 0.4) is 0 Å². The van der Waals surface area contributed by atoms with Crippen molar-refractivity contribution in [2.45, 2.75) is 72.6 Å². The number of hydrogen-bond acceptors (Lipinski definition) is 2. The molecule has 0 aliphatic heterocycles. The van der Waals surface area contributed by atoms with Gasteiger partial charge in [0.15, 0.2) is 0 Å². The van der Waals surface area contributed by atoms with E-state index in [4.69, 9.17) is 0 Å². The van der Waals surface area contributed by atoms with Crippen LogP contribution in [0.25, 0.3) is 0 Å². The molecule has 0 radical (unpaired) electrons. The van der Waals surface area contributed by atoms with Gasteiger partial charge in [0.05, 0.1) is 0 Å². The quantitative estimate of drug-likeness (QED) is 0.431. The van der Waals surface area contributed by atoms with Crippen molar-refractivity contribution in [3.63, 3.8) is 0 Å². The van der Waals surface area contributed by atoms with E-state index in [0.29, 0.717) is 0 Å². The fourth-order valence-corrected chi connectivity index (χ4v) is 18.3. The number of nitrogens with zero attached hydrogens (tertiary/aromatic N) is 2. The molecule has 20 heavy (non-hydrogen) atoms. The molecular weight excluding hydrogens is 358 g/mol. The van der Waals surface area contributed by atoms with Crippen LogP contribution in [0.5, 0.6) is 0 Å². The molecule has 0 aromatic carbocycles. The molecule has 0 bridgehead atoms. The van der Waals surface area contributed by atoms with Gasteiger partial charge in [-0.25, -0.2) is 0 Å². The molecule has 4 heteroatoms. The van der Waals surface area contributed by atoms with Crippen molar-refractivity contribution in [3.05, 3.63) is 18.5 Å². The van der Waals surface area contributed by atoms with Crippen molar-refractivity contribution in [1.82, 2.24) is 9.97 Å². The molecule has 0 saturated heterocycles. The zero-order valence-electron chi connectivity index (χ0n) is 13.3. The van der Waals surface area contributed by atoms with Crippen molar-refractivity contribution < 1.29 is 4.39 Å². The molecule has 0 amide bonds. The summed E-state index contributed by atoms with van der Waals surface area (Å²) in [6, 6.07) is 0. The van der Waals surface area contributed by atoms with Crippen LogP contribution in [0.2, 0.25) is 13.3 Å². The SMILES string of the molecule is CCC[CH2][Sn]([CH2]CCC)([CH2]CCC)[c]1cnc(F)nc1. The molecule has 0 saturated carbocycles. The van der Waals surface area contributed by atoms with E-state index in [1.165, 1.54) is 55.4 Å². The van der Waals surface area contributed by atoms with Crippen LogP contribution < -0.4 is 3.58 Å². The number of aromatic nitrogens is 2. The van der Waals surface area contributed by atoms with Gasteiger partial charge in [-0.05, 0) is 0 Å². The van der Waals surface area contributed by atoms with Gasteiger partial charge in [0, 0.05) is 0 Å². The van der Waals surface area contributed by atoms with Gasteiger partial charge in [0.1, 0.15) is 0 Å². The van der Waals surface area contributed by atoms with Gasteiger partial charge >= 0.3 is 127 Å². The fourth-order valence-electron chi connectivity index (χ4n) is 2.94. The van der Waals surface area contributed by atoms with Crippen LogP contribution in [0, 0.1) is 6.08 Å². The Bertz CT molecular complexity index is 345. The molecule has 1 aromatic rings. The van der Waals surface area contributed by atoms with Crippen LogP contribution in [-0.4, -0.2) is 28.3 Å². The van der Waals surface area contributed by atoms with Gasteiger partial charge in [0.2, 0.25) is 0 Å². The summed E-state index contributed by atoms with van der Waals surface area (Å²) in [7, 11) is 0. The van der Waals surface area contributed by atoms with Crippen molar-refractivity contribution in [3.8, 4) is 0 Å². The minimum absolute atomic E-state index is 0.588. The second kappa shape index (κ2) is 9.69. The molecule has 1 aromatic heterocycles. The summed E-state index contributed by atoms with van der Waals surface area (Å²) in [6.07, 6.45) is 10.7. The molecule has 114 valence electrons. The molecule has 0 atom stereocenters. The van der Waals surface area contributed by atoms with E-state index in [0.717, 1.165) is 0 Å². The van der Waals surface area contributed by atoms with Gasteiger partial charge in [-0.3, -0.25) is 0 Å². The van der Waals surface area contributed by atoms with Crippen LogP contribution >= 0.6 is 0 Å². The van der Waals surface area contributed by atoms with Crippen molar-refractivity contribution in [2.24, 2.45) is 0 Å². The van der Waals surface area contributed by atoms with Crippen molar-refractivity contribution in [1.29, 1.82) is 0 Å².